The highest BCUT2D eigenvalue weighted by Gasteiger charge is 2.31. The van der Waals surface area contributed by atoms with Crippen LogP contribution in [0.2, 0.25) is 0 Å². The number of aliphatic hydroxyl groups is 1. The maximum atomic E-state index is 13.9. The molecule has 41 heavy (non-hydrogen) atoms. The highest BCUT2D eigenvalue weighted by atomic mass is 32.3. The molecule has 1 aliphatic heterocycles. The number of rotatable bonds is 12. The fraction of sp³-hybridized carbons (Fsp3) is 0.387. The second kappa shape index (κ2) is 13.9. The van der Waals surface area contributed by atoms with Gasteiger partial charge in [-0.3, -0.25) is 13.9 Å². The number of halogens is 2. The lowest BCUT2D eigenvalue weighted by Gasteiger charge is -2.42. The Bertz CT molecular complexity index is 1320. The molecule has 3 atom stereocenters. The second-order valence-electron chi connectivity index (χ2n) is 10.5. The summed E-state index contributed by atoms with van der Waals surface area (Å²) < 4.78 is 54.1. The summed E-state index contributed by atoms with van der Waals surface area (Å²) in [4.78, 5) is 13.2. The minimum atomic E-state index is -2.86. The van der Waals surface area contributed by atoms with Crippen LogP contribution < -0.4 is 10.6 Å². The lowest BCUT2D eigenvalue weighted by Crippen LogP contribution is -2.49. The van der Waals surface area contributed by atoms with Gasteiger partial charge in [0.1, 0.15) is 11.6 Å². The van der Waals surface area contributed by atoms with Crippen LogP contribution in [-0.4, -0.2) is 58.3 Å². The molecule has 7 nitrogen and oxygen atoms in total. The molecule has 3 aromatic rings. The number of fused-ring (bicyclic) bond motifs is 1. The number of methoxy groups -OCH3 is 1. The standard InChI is InChI=1S/C31H38F2N2O5S/c1-3-20-4-9-24-18-41(38,39)19-29(27(24)14-20)34-17-30(36)28(15-22-12-25(32)16-26(33)13-22)35-31(37)23-7-5-21(6-8-23)10-11-40-2/h4-9,12-14,16,28-30,34,36,38-39H,3,10-11,15,17-19H2,1-2H3,(H,35,37)/t28-,29-,30+/m0/s1. The Morgan fingerprint density at radius 2 is 1.71 bits per heavy atom. The average Bonchev–Trinajstić information content (AvgIpc) is 2.93. The topological polar surface area (TPSA) is 111 Å². The van der Waals surface area contributed by atoms with Crippen molar-refractivity contribution in [1.29, 1.82) is 0 Å². The number of hydrogen-bond donors (Lipinski definition) is 5. The lowest BCUT2D eigenvalue weighted by molar-refractivity contribution is 0.0825. The fourth-order valence-electron chi connectivity index (χ4n) is 5.12. The largest absolute Gasteiger partial charge is 0.390 e. The van der Waals surface area contributed by atoms with E-state index in [1.807, 2.05) is 37.3 Å². The Balaban J connectivity index is 1.52. The molecule has 0 saturated heterocycles. The molecule has 0 unspecified atom stereocenters. The van der Waals surface area contributed by atoms with Gasteiger partial charge >= 0.3 is 0 Å². The summed E-state index contributed by atoms with van der Waals surface area (Å²) in [5.41, 5.74) is 4.57. The van der Waals surface area contributed by atoms with Crippen molar-refractivity contribution in [3.05, 3.63) is 106 Å². The van der Waals surface area contributed by atoms with Crippen LogP contribution >= 0.6 is 10.6 Å². The Labute approximate surface area is 241 Å². The van der Waals surface area contributed by atoms with E-state index >= 15 is 0 Å². The lowest BCUT2D eigenvalue weighted by atomic mass is 9.96. The molecule has 0 aromatic heterocycles. The van der Waals surface area contributed by atoms with Crippen LogP contribution in [0.25, 0.3) is 0 Å². The van der Waals surface area contributed by atoms with E-state index in [0.717, 1.165) is 34.7 Å². The van der Waals surface area contributed by atoms with E-state index < -0.39 is 46.3 Å². The Kier molecular flexibility index (Phi) is 10.5. The number of benzene rings is 3. The monoisotopic (exact) mass is 588 g/mol. The first-order valence-corrected chi connectivity index (χ1v) is 15.6. The predicted octanol–water partition coefficient (Wildman–Crippen LogP) is 5.01. The highest BCUT2D eigenvalue weighted by molar-refractivity contribution is 8.23. The van der Waals surface area contributed by atoms with Gasteiger partial charge in [-0.05, 0) is 71.3 Å². The summed E-state index contributed by atoms with van der Waals surface area (Å²) >= 11 is 0. The van der Waals surface area contributed by atoms with Crippen molar-refractivity contribution in [1.82, 2.24) is 10.6 Å². The normalized spacial score (nSPS) is 18.3. The van der Waals surface area contributed by atoms with E-state index in [1.165, 1.54) is 12.1 Å². The molecule has 3 aromatic carbocycles. The Morgan fingerprint density at radius 3 is 2.37 bits per heavy atom. The molecule has 0 fully saturated rings. The van der Waals surface area contributed by atoms with E-state index in [-0.39, 0.29) is 30.0 Å². The van der Waals surface area contributed by atoms with Gasteiger partial charge in [0, 0.05) is 25.3 Å². The smallest absolute Gasteiger partial charge is 0.251 e. The van der Waals surface area contributed by atoms with E-state index in [4.69, 9.17) is 4.74 Å². The van der Waals surface area contributed by atoms with Crippen LogP contribution in [0.5, 0.6) is 0 Å². The molecule has 0 spiro atoms. The Morgan fingerprint density at radius 1 is 1.02 bits per heavy atom. The minimum Gasteiger partial charge on any atom is -0.390 e. The van der Waals surface area contributed by atoms with Gasteiger partial charge in [-0.2, -0.15) is 10.6 Å². The molecule has 4 rings (SSSR count). The van der Waals surface area contributed by atoms with Crippen molar-refractivity contribution in [2.24, 2.45) is 0 Å². The summed E-state index contributed by atoms with van der Waals surface area (Å²) in [6.45, 7) is 2.59. The molecule has 0 aliphatic carbocycles. The number of ether oxygens (including phenoxy) is 1. The van der Waals surface area contributed by atoms with E-state index in [0.29, 0.717) is 18.6 Å². The molecule has 1 amide bonds. The zero-order chi connectivity index (χ0) is 29.6. The molecule has 0 radical (unpaired) electrons. The number of carbonyl (C=O) groups excluding carboxylic acids is 1. The SMILES string of the molecule is CCc1ccc2c(c1)[C@@H](NC[C@@H](O)[C@H](Cc1cc(F)cc(F)c1)NC(=O)c1ccc(CCOC)cc1)CS(O)(O)C2. The second-order valence-corrected chi connectivity index (χ2v) is 12.8. The van der Waals surface area contributed by atoms with Crippen LogP contribution in [0.4, 0.5) is 8.78 Å². The van der Waals surface area contributed by atoms with Crippen LogP contribution in [0, 0.1) is 11.6 Å². The molecule has 222 valence electrons. The third-order valence-corrected chi connectivity index (χ3v) is 9.00. The van der Waals surface area contributed by atoms with Crippen molar-refractivity contribution < 1.29 is 32.5 Å². The summed E-state index contributed by atoms with van der Waals surface area (Å²) in [6.07, 6.45) is 0.342. The highest BCUT2D eigenvalue weighted by Crippen LogP contribution is 2.50. The van der Waals surface area contributed by atoms with Crippen LogP contribution in [0.1, 0.15) is 51.1 Å². The third-order valence-electron chi connectivity index (χ3n) is 7.36. The van der Waals surface area contributed by atoms with Crippen LogP contribution in [-0.2, 0) is 29.8 Å². The van der Waals surface area contributed by atoms with Crippen molar-refractivity contribution >= 4 is 16.5 Å². The molecular weight excluding hydrogens is 550 g/mol. The molecule has 0 saturated carbocycles. The quantitative estimate of drug-likeness (QED) is 0.203. The zero-order valence-electron chi connectivity index (χ0n) is 23.3. The fourth-order valence-corrected chi connectivity index (χ4v) is 6.83. The first kappa shape index (κ1) is 31.1. The van der Waals surface area contributed by atoms with Gasteiger partial charge in [0.05, 0.1) is 36.3 Å². The predicted molar refractivity (Wildman–Crippen MR) is 157 cm³/mol. The zero-order valence-corrected chi connectivity index (χ0v) is 24.1. The van der Waals surface area contributed by atoms with E-state index in [1.54, 1.807) is 19.2 Å². The molecule has 0 bridgehead atoms. The van der Waals surface area contributed by atoms with Crippen molar-refractivity contribution in [2.75, 3.05) is 26.0 Å². The van der Waals surface area contributed by atoms with Crippen LogP contribution in [0.3, 0.4) is 0 Å². The minimum absolute atomic E-state index is 0.00528. The Hall–Kier alpha value is -2.86. The van der Waals surface area contributed by atoms with Gasteiger partial charge in [-0.1, -0.05) is 37.3 Å². The molecule has 1 aliphatic rings. The number of amides is 1. The number of aliphatic hydroxyl groups excluding tert-OH is 1. The summed E-state index contributed by atoms with van der Waals surface area (Å²) in [7, 11) is -1.24. The van der Waals surface area contributed by atoms with E-state index in [9.17, 15) is 27.8 Å². The van der Waals surface area contributed by atoms with Gasteiger partial charge in [-0.15, -0.1) is 0 Å². The maximum Gasteiger partial charge on any atom is 0.251 e. The van der Waals surface area contributed by atoms with Gasteiger partial charge in [-0.25, -0.2) is 8.78 Å². The first-order chi connectivity index (χ1) is 19.6. The van der Waals surface area contributed by atoms with Crippen molar-refractivity contribution in [3.8, 4) is 0 Å². The molecule has 10 heteroatoms. The maximum absolute atomic E-state index is 13.9. The van der Waals surface area contributed by atoms with Gasteiger partial charge in [0.2, 0.25) is 0 Å². The average molecular weight is 589 g/mol. The molecule has 5 N–H and O–H groups in total. The number of aryl methyl sites for hydroxylation is 1. The van der Waals surface area contributed by atoms with Crippen molar-refractivity contribution in [3.63, 3.8) is 0 Å². The molecular formula is C31H38F2N2O5S. The third kappa shape index (κ3) is 8.57. The number of hydrogen-bond acceptors (Lipinski definition) is 6. The van der Waals surface area contributed by atoms with Gasteiger partial charge in [0.15, 0.2) is 0 Å². The van der Waals surface area contributed by atoms with Crippen molar-refractivity contribution in [2.45, 2.75) is 50.1 Å². The number of carbonyl (C=O) groups is 1. The number of nitrogens with one attached hydrogen (secondary N) is 2. The summed E-state index contributed by atoms with van der Waals surface area (Å²) in [5, 5.41) is 17.3. The van der Waals surface area contributed by atoms with Gasteiger partial charge in [0.25, 0.3) is 5.91 Å². The molecule has 1 heterocycles. The van der Waals surface area contributed by atoms with E-state index in [2.05, 4.69) is 10.6 Å². The summed E-state index contributed by atoms with van der Waals surface area (Å²) in [5.74, 6) is -1.66. The van der Waals surface area contributed by atoms with Gasteiger partial charge < -0.3 is 20.5 Å². The van der Waals surface area contributed by atoms with Crippen LogP contribution in [0.15, 0.2) is 60.7 Å². The summed E-state index contributed by atoms with van der Waals surface area (Å²) in [6, 6.07) is 14.7. The first-order valence-electron chi connectivity index (χ1n) is 13.7.